The summed E-state index contributed by atoms with van der Waals surface area (Å²) in [5, 5.41) is 8.17. The fraction of sp³-hybridized carbons (Fsp3) is 0.438. The van der Waals surface area contributed by atoms with E-state index in [0.29, 0.717) is 24.7 Å². The van der Waals surface area contributed by atoms with Gasteiger partial charge in [0, 0.05) is 25.3 Å². The fourth-order valence-electron chi connectivity index (χ4n) is 2.96. The van der Waals surface area contributed by atoms with Crippen LogP contribution in [0, 0.1) is 0 Å². The first-order valence-corrected chi connectivity index (χ1v) is 9.78. The van der Waals surface area contributed by atoms with Crippen molar-refractivity contribution in [2.45, 2.75) is 19.4 Å². The summed E-state index contributed by atoms with van der Waals surface area (Å²) in [5.74, 6) is 1.56. The van der Waals surface area contributed by atoms with Gasteiger partial charge in [0.05, 0.1) is 17.7 Å². The highest BCUT2D eigenvalue weighted by Gasteiger charge is 2.32. The van der Waals surface area contributed by atoms with Crippen LogP contribution in [0.15, 0.2) is 36.5 Å². The Morgan fingerprint density at radius 2 is 2.00 bits per heavy atom. The molecule has 0 radical (unpaired) electrons. The lowest BCUT2D eigenvalue weighted by Gasteiger charge is -2.28. The van der Waals surface area contributed by atoms with E-state index in [4.69, 9.17) is 0 Å². The number of nitrogens with zero attached hydrogens (tertiary/aromatic N) is 5. The standard InChI is InChI=1S/C16H21N5O2S/c1-3-21(14-9-10-24(22,23)12-14)15-11-17-19-16(18-15)20(2)13-7-5-4-6-8-13/h4-8,11,14H,3,9-10,12H2,1-2H3. The smallest absolute Gasteiger partial charge is 0.251 e. The summed E-state index contributed by atoms with van der Waals surface area (Å²) in [6.45, 7) is 2.67. The number of para-hydroxylation sites is 1. The molecular formula is C16H21N5O2S. The second-order valence-electron chi connectivity index (χ2n) is 5.85. The molecule has 24 heavy (non-hydrogen) atoms. The molecule has 1 unspecified atom stereocenters. The first-order valence-electron chi connectivity index (χ1n) is 7.96. The minimum Gasteiger partial charge on any atom is -0.351 e. The Balaban J connectivity index is 1.86. The lowest BCUT2D eigenvalue weighted by molar-refractivity contribution is 0.599. The van der Waals surface area contributed by atoms with Gasteiger partial charge in [-0.1, -0.05) is 18.2 Å². The van der Waals surface area contributed by atoms with E-state index < -0.39 is 9.84 Å². The van der Waals surface area contributed by atoms with E-state index in [1.54, 1.807) is 6.20 Å². The van der Waals surface area contributed by atoms with Crippen LogP contribution >= 0.6 is 0 Å². The Kier molecular flexibility index (Phi) is 4.66. The predicted molar refractivity (Wildman–Crippen MR) is 94.4 cm³/mol. The summed E-state index contributed by atoms with van der Waals surface area (Å²) in [4.78, 5) is 8.45. The molecule has 7 nitrogen and oxygen atoms in total. The molecule has 1 fully saturated rings. The Hall–Kier alpha value is -2.22. The van der Waals surface area contributed by atoms with Gasteiger partial charge in [-0.15, -0.1) is 5.10 Å². The van der Waals surface area contributed by atoms with E-state index in [2.05, 4.69) is 15.2 Å². The highest BCUT2D eigenvalue weighted by molar-refractivity contribution is 7.91. The van der Waals surface area contributed by atoms with Crippen LogP contribution in [0.4, 0.5) is 17.5 Å². The molecule has 1 aromatic heterocycles. The third-order valence-corrected chi connectivity index (χ3v) is 6.01. The van der Waals surface area contributed by atoms with Gasteiger partial charge in [0.25, 0.3) is 5.95 Å². The molecule has 1 aliphatic rings. The van der Waals surface area contributed by atoms with Crippen molar-refractivity contribution in [3.8, 4) is 0 Å². The van der Waals surface area contributed by atoms with Gasteiger partial charge in [-0.25, -0.2) is 8.42 Å². The average Bonchev–Trinajstić information content (AvgIpc) is 2.95. The molecule has 0 bridgehead atoms. The first kappa shape index (κ1) is 16.6. The van der Waals surface area contributed by atoms with Gasteiger partial charge in [-0.05, 0) is 25.5 Å². The third-order valence-electron chi connectivity index (χ3n) is 4.26. The SMILES string of the molecule is CCN(c1cnnc(N(C)c2ccccc2)n1)C1CCS(=O)(=O)C1. The molecule has 1 aliphatic heterocycles. The molecule has 1 saturated heterocycles. The summed E-state index contributed by atoms with van der Waals surface area (Å²) < 4.78 is 23.5. The molecule has 2 heterocycles. The fourth-order valence-corrected chi connectivity index (χ4v) is 4.69. The van der Waals surface area contributed by atoms with Crippen LogP contribution in [-0.2, 0) is 9.84 Å². The van der Waals surface area contributed by atoms with E-state index in [1.165, 1.54) is 0 Å². The van der Waals surface area contributed by atoms with Gasteiger partial charge >= 0.3 is 0 Å². The van der Waals surface area contributed by atoms with E-state index in [1.807, 2.05) is 54.1 Å². The quantitative estimate of drug-likeness (QED) is 0.813. The Labute approximate surface area is 142 Å². The maximum atomic E-state index is 11.8. The summed E-state index contributed by atoms with van der Waals surface area (Å²) in [6.07, 6.45) is 2.22. The molecule has 8 heteroatoms. The van der Waals surface area contributed by atoms with E-state index in [9.17, 15) is 8.42 Å². The van der Waals surface area contributed by atoms with Gasteiger partial charge in [0.2, 0.25) is 0 Å². The molecule has 2 aromatic rings. The molecule has 128 valence electrons. The highest BCUT2D eigenvalue weighted by atomic mass is 32.2. The number of benzene rings is 1. The van der Waals surface area contributed by atoms with Crippen molar-refractivity contribution in [1.29, 1.82) is 0 Å². The normalized spacial score (nSPS) is 19.2. The van der Waals surface area contributed by atoms with Crippen LogP contribution in [0.2, 0.25) is 0 Å². The zero-order chi connectivity index (χ0) is 17.2. The minimum absolute atomic E-state index is 0.0495. The molecule has 1 aromatic carbocycles. The average molecular weight is 347 g/mol. The second-order valence-corrected chi connectivity index (χ2v) is 8.08. The van der Waals surface area contributed by atoms with Crippen LogP contribution in [0.25, 0.3) is 0 Å². The zero-order valence-electron chi connectivity index (χ0n) is 13.8. The molecule has 0 N–H and O–H groups in total. The van der Waals surface area contributed by atoms with Crippen LogP contribution in [0.1, 0.15) is 13.3 Å². The van der Waals surface area contributed by atoms with Crippen LogP contribution in [0.5, 0.6) is 0 Å². The number of aromatic nitrogens is 3. The van der Waals surface area contributed by atoms with Gasteiger partial charge in [0.1, 0.15) is 0 Å². The van der Waals surface area contributed by atoms with Gasteiger partial charge in [-0.2, -0.15) is 10.1 Å². The summed E-state index contributed by atoms with van der Waals surface area (Å²) >= 11 is 0. The summed E-state index contributed by atoms with van der Waals surface area (Å²) in [6, 6.07) is 9.74. The van der Waals surface area contributed by atoms with Crippen LogP contribution in [0.3, 0.4) is 0 Å². The Bertz CT molecular complexity index is 797. The molecule has 0 spiro atoms. The second kappa shape index (κ2) is 6.72. The number of sulfone groups is 1. The van der Waals surface area contributed by atoms with Gasteiger partial charge in [-0.3, -0.25) is 0 Å². The number of hydrogen-bond acceptors (Lipinski definition) is 7. The molecule has 3 rings (SSSR count). The predicted octanol–water partition coefficient (Wildman–Crippen LogP) is 1.65. The largest absolute Gasteiger partial charge is 0.351 e. The first-order chi connectivity index (χ1) is 11.5. The van der Waals surface area contributed by atoms with Crippen molar-refractivity contribution in [2.75, 3.05) is 34.9 Å². The molecule has 1 atom stereocenters. The maximum absolute atomic E-state index is 11.8. The molecular weight excluding hydrogens is 326 g/mol. The molecule has 0 saturated carbocycles. The summed E-state index contributed by atoms with van der Waals surface area (Å²) in [5.41, 5.74) is 0.961. The van der Waals surface area contributed by atoms with Crippen molar-refractivity contribution in [1.82, 2.24) is 15.2 Å². The monoisotopic (exact) mass is 347 g/mol. The van der Waals surface area contributed by atoms with Crippen molar-refractivity contribution in [2.24, 2.45) is 0 Å². The maximum Gasteiger partial charge on any atom is 0.251 e. The lowest BCUT2D eigenvalue weighted by Crippen LogP contribution is -2.37. The van der Waals surface area contributed by atoms with Crippen LogP contribution in [-0.4, -0.2) is 54.7 Å². The van der Waals surface area contributed by atoms with Gasteiger partial charge < -0.3 is 9.80 Å². The topological polar surface area (TPSA) is 79.3 Å². The van der Waals surface area contributed by atoms with E-state index >= 15 is 0 Å². The van der Waals surface area contributed by atoms with Gasteiger partial charge in [0.15, 0.2) is 15.7 Å². The Morgan fingerprint density at radius 1 is 1.25 bits per heavy atom. The van der Waals surface area contributed by atoms with Crippen LogP contribution < -0.4 is 9.80 Å². The summed E-state index contributed by atoms with van der Waals surface area (Å²) in [7, 11) is -1.06. The number of hydrogen-bond donors (Lipinski definition) is 0. The van der Waals surface area contributed by atoms with Crippen molar-refractivity contribution in [3.05, 3.63) is 36.5 Å². The highest BCUT2D eigenvalue weighted by Crippen LogP contribution is 2.25. The lowest BCUT2D eigenvalue weighted by atomic mass is 10.2. The van der Waals surface area contributed by atoms with Crippen molar-refractivity contribution in [3.63, 3.8) is 0 Å². The number of rotatable bonds is 5. The molecule has 0 aliphatic carbocycles. The molecule has 0 amide bonds. The van der Waals surface area contributed by atoms with E-state index in [0.717, 1.165) is 5.69 Å². The minimum atomic E-state index is -2.94. The van der Waals surface area contributed by atoms with Crippen molar-refractivity contribution < 1.29 is 8.42 Å². The van der Waals surface area contributed by atoms with E-state index in [-0.39, 0.29) is 17.5 Å². The number of anilines is 3. The van der Waals surface area contributed by atoms with Crippen molar-refractivity contribution >= 4 is 27.3 Å². The Morgan fingerprint density at radius 3 is 2.62 bits per heavy atom. The zero-order valence-corrected chi connectivity index (χ0v) is 14.6. The third kappa shape index (κ3) is 3.48.